The summed E-state index contributed by atoms with van der Waals surface area (Å²) in [5.41, 5.74) is 7.17. The van der Waals surface area contributed by atoms with Crippen molar-refractivity contribution in [3.63, 3.8) is 0 Å². The second-order valence-corrected chi connectivity index (χ2v) is 6.11. The van der Waals surface area contributed by atoms with Gasteiger partial charge < -0.3 is 10.6 Å². The van der Waals surface area contributed by atoms with Crippen molar-refractivity contribution in [2.24, 2.45) is 11.7 Å². The Kier molecular flexibility index (Phi) is 5.52. The van der Waals surface area contributed by atoms with Gasteiger partial charge in [-0.15, -0.1) is 0 Å². The Balaban J connectivity index is 1.86. The maximum atomic E-state index is 14.0. The van der Waals surface area contributed by atoms with Gasteiger partial charge in [-0.1, -0.05) is 12.1 Å². The molecule has 0 aliphatic carbocycles. The highest BCUT2D eigenvalue weighted by Gasteiger charge is 2.20. The van der Waals surface area contributed by atoms with E-state index < -0.39 is 0 Å². The molecular weight excluding hydrogens is 253 g/mol. The summed E-state index contributed by atoms with van der Waals surface area (Å²) in [4.78, 5) is 4.61. The number of hydrogen-bond acceptors (Lipinski definition) is 3. The van der Waals surface area contributed by atoms with Crippen LogP contribution in [-0.4, -0.2) is 43.5 Å². The van der Waals surface area contributed by atoms with Crippen molar-refractivity contribution >= 4 is 0 Å². The van der Waals surface area contributed by atoms with Gasteiger partial charge >= 0.3 is 0 Å². The zero-order valence-electron chi connectivity index (χ0n) is 12.6. The minimum Gasteiger partial charge on any atom is -0.326 e. The SMILES string of the molecule is CN(C)CC1CCN(Cc2ccc(CN)cc2F)CC1. The van der Waals surface area contributed by atoms with Crippen molar-refractivity contribution in [3.8, 4) is 0 Å². The minimum atomic E-state index is -0.122. The molecule has 2 N–H and O–H groups in total. The third kappa shape index (κ3) is 4.27. The molecule has 2 rings (SSSR count). The lowest BCUT2D eigenvalue weighted by atomic mass is 9.96. The maximum Gasteiger partial charge on any atom is 0.128 e. The molecule has 0 radical (unpaired) electrons. The minimum absolute atomic E-state index is 0.122. The molecule has 0 aromatic heterocycles. The zero-order valence-corrected chi connectivity index (χ0v) is 12.6. The molecule has 112 valence electrons. The van der Waals surface area contributed by atoms with Gasteiger partial charge in [0.15, 0.2) is 0 Å². The molecule has 3 nitrogen and oxygen atoms in total. The molecule has 0 amide bonds. The lowest BCUT2D eigenvalue weighted by molar-refractivity contribution is 0.155. The van der Waals surface area contributed by atoms with Crippen LogP contribution in [0.1, 0.15) is 24.0 Å². The fourth-order valence-corrected chi connectivity index (χ4v) is 2.93. The van der Waals surface area contributed by atoms with Crippen molar-refractivity contribution in [1.29, 1.82) is 0 Å². The van der Waals surface area contributed by atoms with E-state index >= 15 is 0 Å². The van der Waals surface area contributed by atoms with E-state index in [4.69, 9.17) is 5.73 Å². The first-order chi connectivity index (χ1) is 9.58. The van der Waals surface area contributed by atoms with Crippen molar-refractivity contribution < 1.29 is 4.39 Å². The van der Waals surface area contributed by atoms with Crippen LogP contribution < -0.4 is 5.73 Å². The molecule has 0 bridgehead atoms. The number of likely N-dealkylation sites (tertiary alicyclic amines) is 1. The van der Waals surface area contributed by atoms with E-state index in [1.54, 1.807) is 6.07 Å². The number of piperidine rings is 1. The van der Waals surface area contributed by atoms with Gasteiger partial charge in [-0.25, -0.2) is 4.39 Å². The van der Waals surface area contributed by atoms with E-state index in [-0.39, 0.29) is 5.82 Å². The number of rotatable bonds is 5. The predicted molar refractivity (Wildman–Crippen MR) is 80.8 cm³/mol. The van der Waals surface area contributed by atoms with Crippen LogP contribution in [0.25, 0.3) is 0 Å². The summed E-state index contributed by atoms with van der Waals surface area (Å²) in [7, 11) is 4.25. The highest BCUT2D eigenvalue weighted by molar-refractivity contribution is 5.24. The van der Waals surface area contributed by atoms with Gasteiger partial charge in [0.2, 0.25) is 0 Å². The molecule has 0 unspecified atom stereocenters. The molecule has 1 aliphatic heterocycles. The summed E-state index contributed by atoms with van der Waals surface area (Å²) in [6.07, 6.45) is 2.42. The van der Waals surface area contributed by atoms with Crippen LogP contribution in [0.15, 0.2) is 18.2 Å². The molecule has 20 heavy (non-hydrogen) atoms. The Morgan fingerprint density at radius 3 is 2.55 bits per heavy atom. The smallest absolute Gasteiger partial charge is 0.128 e. The van der Waals surface area contributed by atoms with Crippen molar-refractivity contribution in [3.05, 3.63) is 35.1 Å². The lowest BCUT2D eigenvalue weighted by Gasteiger charge is -2.33. The van der Waals surface area contributed by atoms with E-state index in [2.05, 4.69) is 23.9 Å². The molecular formula is C16H26FN3. The largest absolute Gasteiger partial charge is 0.326 e. The summed E-state index contributed by atoms with van der Waals surface area (Å²) in [6.45, 7) is 4.40. The number of hydrogen-bond donors (Lipinski definition) is 1. The van der Waals surface area contributed by atoms with E-state index in [1.165, 1.54) is 12.8 Å². The van der Waals surface area contributed by atoms with Gasteiger partial charge in [-0.3, -0.25) is 4.90 Å². The molecule has 0 atom stereocenters. The third-order valence-electron chi connectivity index (χ3n) is 4.08. The van der Waals surface area contributed by atoms with Gasteiger partial charge in [0.25, 0.3) is 0 Å². The third-order valence-corrected chi connectivity index (χ3v) is 4.08. The molecule has 4 heteroatoms. The van der Waals surface area contributed by atoms with Gasteiger partial charge in [0.1, 0.15) is 5.82 Å². The Morgan fingerprint density at radius 2 is 2.00 bits per heavy atom. The Hall–Kier alpha value is -0.970. The normalized spacial score (nSPS) is 17.9. The van der Waals surface area contributed by atoms with Crippen molar-refractivity contribution in [2.45, 2.75) is 25.9 Å². The second kappa shape index (κ2) is 7.16. The first kappa shape index (κ1) is 15.4. The number of nitrogens with two attached hydrogens (primary N) is 1. The molecule has 0 saturated carbocycles. The zero-order chi connectivity index (χ0) is 14.5. The molecule has 0 spiro atoms. The quantitative estimate of drug-likeness (QED) is 0.895. The average Bonchev–Trinajstić information content (AvgIpc) is 2.42. The van der Waals surface area contributed by atoms with E-state index in [0.29, 0.717) is 13.1 Å². The molecule has 1 aliphatic rings. The highest BCUT2D eigenvalue weighted by atomic mass is 19.1. The van der Waals surface area contributed by atoms with Crippen LogP contribution in [0.2, 0.25) is 0 Å². The molecule has 1 aromatic carbocycles. The lowest BCUT2D eigenvalue weighted by Crippen LogP contribution is -2.36. The van der Waals surface area contributed by atoms with Crippen molar-refractivity contribution in [1.82, 2.24) is 9.80 Å². The first-order valence-electron chi connectivity index (χ1n) is 7.43. The molecule has 1 saturated heterocycles. The summed E-state index contributed by atoms with van der Waals surface area (Å²) in [5.74, 6) is 0.661. The number of halogens is 1. The Bertz CT molecular complexity index is 426. The van der Waals surface area contributed by atoms with Crippen LogP contribution in [0.4, 0.5) is 4.39 Å². The summed E-state index contributed by atoms with van der Waals surface area (Å²) in [6, 6.07) is 5.37. The standard InChI is InChI=1S/C16H26FN3/c1-19(2)11-13-5-7-20(8-6-13)12-15-4-3-14(10-18)9-16(15)17/h3-4,9,13H,5-8,10-12,18H2,1-2H3. The fraction of sp³-hybridized carbons (Fsp3) is 0.625. The fourth-order valence-electron chi connectivity index (χ4n) is 2.93. The first-order valence-corrected chi connectivity index (χ1v) is 7.43. The molecule has 1 heterocycles. The van der Waals surface area contributed by atoms with Gasteiger partial charge in [0.05, 0.1) is 0 Å². The Morgan fingerprint density at radius 1 is 1.30 bits per heavy atom. The van der Waals surface area contributed by atoms with Gasteiger partial charge in [0, 0.05) is 25.2 Å². The van der Waals surface area contributed by atoms with Crippen LogP contribution in [0.3, 0.4) is 0 Å². The van der Waals surface area contributed by atoms with Crippen LogP contribution in [0.5, 0.6) is 0 Å². The average molecular weight is 279 g/mol. The summed E-state index contributed by atoms with van der Waals surface area (Å²) < 4.78 is 14.0. The van der Waals surface area contributed by atoms with Crippen LogP contribution in [0, 0.1) is 11.7 Å². The summed E-state index contributed by atoms with van der Waals surface area (Å²) >= 11 is 0. The number of benzene rings is 1. The van der Waals surface area contributed by atoms with Crippen molar-refractivity contribution in [2.75, 3.05) is 33.7 Å². The Labute approximate surface area is 121 Å². The molecule has 1 fully saturated rings. The van der Waals surface area contributed by atoms with Crippen LogP contribution >= 0.6 is 0 Å². The second-order valence-electron chi connectivity index (χ2n) is 6.11. The van der Waals surface area contributed by atoms with E-state index in [1.807, 2.05) is 12.1 Å². The highest BCUT2D eigenvalue weighted by Crippen LogP contribution is 2.20. The van der Waals surface area contributed by atoms with E-state index in [9.17, 15) is 4.39 Å². The number of nitrogens with zero attached hydrogens (tertiary/aromatic N) is 2. The van der Waals surface area contributed by atoms with E-state index in [0.717, 1.165) is 36.7 Å². The predicted octanol–water partition coefficient (Wildman–Crippen LogP) is 2.06. The molecule has 1 aromatic rings. The maximum absolute atomic E-state index is 14.0. The summed E-state index contributed by atoms with van der Waals surface area (Å²) in [5, 5.41) is 0. The topological polar surface area (TPSA) is 32.5 Å². The monoisotopic (exact) mass is 279 g/mol. The van der Waals surface area contributed by atoms with Gasteiger partial charge in [-0.05, 0) is 57.6 Å². The van der Waals surface area contributed by atoms with Crippen LogP contribution in [-0.2, 0) is 13.1 Å². The van der Waals surface area contributed by atoms with Gasteiger partial charge in [-0.2, -0.15) is 0 Å².